The first-order valence-electron chi connectivity index (χ1n) is 11.6. The SMILES string of the molecule is CCOC(=O)C(C)(C)CCCCOc1ccc(OCCCCCS)cc1.c1cc2cc-2n1. The van der Waals surface area contributed by atoms with Gasteiger partial charge < -0.3 is 14.2 Å². The zero-order chi connectivity index (χ0) is 23.2. The molecule has 2 aliphatic rings. The van der Waals surface area contributed by atoms with Crippen molar-refractivity contribution in [3.8, 4) is 22.8 Å². The Morgan fingerprint density at radius 3 is 2.00 bits per heavy atom. The van der Waals surface area contributed by atoms with Gasteiger partial charge in [-0.05, 0) is 101 Å². The molecule has 0 unspecified atom stereocenters. The molecule has 0 spiro atoms. The number of carbonyl (C=O) groups is 1. The molecule has 1 aromatic rings. The van der Waals surface area contributed by atoms with Gasteiger partial charge in [0.15, 0.2) is 0 Å². The lowest BCUT2D eigenvalue weighted by molar-refractivity contribution is -0.153. The molecular weight excluding hydrogens is 422 g/mol. The van der Waals surface area contributed by atoms with E-state index in [2.05, 4.69) is 23.7 Å². The Kier molecular flexibility index (Phi) is 11.4. The molecule has 0 atom stereocenters. The highest BCUT2D eigenvalue weighted by molar-refractivity contribution is 7.80. The van der Waals surface area contributed by atoms with Crippen molar-refractivity contribution in [1.29, 1.82) is 0 Å². The van der Waals surface area contributed by atoms with Crippen molar-refractivity contribution in [3.63, 3.8) is 0 Å². The number of ether oxygens (including phenoxy) is 3. The van der Waals surface area contributed by atoms with Crippen molar-refractivity contribution in [2.24, 2.45) is 5.41 Å². The molecule has 1 aromatic carbocycles. The minimum atomic E-state index is -0.429. The van der Waals surface area contributed by atoms with E-state index in [4.69, 9.17) is 14.2 Å². The molecule has 0 saturated heterocycles. The van der Waals surface area contributed by atoms with Gasteiger partial charge in [0.25, 0.3) is 0 Å². The Hall–Kier alpha value is -2.21. The van der Waals surface area contributed by atoms with E-state index < -0.39 is 5.41 Å². The normalized spacial score (nSPS) is 11.2. The fourth-order valence-corrected chi connectivity index (χ4v) is 3.28. The van der Waals surface area contributed by atoms with Gasteiger partial charge in [0.05, 0.1) is 30.9 Å². The minimum Gasteiger partial charge on any atom is -0.494 e. The van der Waals surface area contributed by atoms with E-state index in [-0.39, 0.29) is 5.97 Å². The van der Waals surface area contributed by atoms with Gasteiger partial charge >= 0.3 is 5.97 Å². The van der Waals surface area contributed by atoms with Gasteiger partial charge in [-0.25, -0.2) is 0 Å². The molecule has 1 heterocycles. The van der Waals surface area contributed by atoms with Crippen molar-refractivity contribution in [2.45, 2.75) is 59.3 Å². The molecule has 176 valence electrons. The number of carbonyl (C=O) groups excluding carboxylic acids is 1. The lowest BCUT2D eigenvalue weighted by atomic mass is 9.87. The molecule has 6 heteroatoms. The molecule has 0 N–H and O–H groups in total. The number of hydrogen-bond acceptors (Lipinski definition) is 6. The van der Waals surface area contributed by atoms with Crippen LogP contribution in [0.5, 0.6) is 11.5 Å². The zero-order valence-corrected chi connectivity index (χ0v) is 20.5. The Balaban J connectivity index is 0.000000506. The summed E-state index contributed by atoms with van der Waals surface area (Å²) in [5, 5.41) is 0. The third-order valence-corrected chi connectivity index (χ3v) is 5.48. The summed E-state index contributed by atoms with van der Waals surface area (Å²) < 4.78 is 16.6. The number of nitrogens with zero attached hydrogens (tertiary/aromatic N) is 1. The number of esters is 1. The highest BCUT2D eigenvalue weighted by Gasteiger charge is 2.28. The standard InChI is InChI=1S/C21H34O4S.C5H3N/c1-4-23-20(22)21(2,3)14-6-8-16-25-19-12-10-18(11-13-19)24-15-7-5-9-17-26;1-2-6-5-3-4(1)5/h10-13,26H,4-9,14-17H2,1-3H3;1-3H. The Morgan fingerprint density at radius 2 is 1.56 bits per heavy atom. The van der Waals surface area contributed by atoms with Crippen molar-refractivity contribution in [2.75, 3.05) is 25.6 Å². The van der Waals surface area contributed by atoms with E-state index in [9.17, 15) is 4.79 Å². The van der Waals surface area contributed by atoms with Gasteiger partial charge in [0.2, 0.25) is 0 Å². The largest absolute Gasteiger partial charge is 0.494 e. The molecule has 3 rings (SSSR count). The van der Waals surface area contributed by atoms with Crippen LogP contribution in [0, 0.1) is 5.41 Å². The summed E-state index contributed by atoms with van der Waals surface area (Å²) in [6.45, 7) is 7.52. The molecule has 0 fully saturated rings. The molecule has 0 bridgehead atoms. The molecule has 1 aliphatic heterocycles. The van der Waals surface area contributed by atoms with Gasteiger partial charge in [-0.1, -0.05) is 0 Å². The average molecular weight is 460 g/mol. The first kappa shape index (κ1) is 26.0. The van der Waals surface area contributed by atoms with Crippen LogP contribution in [0.25, 0.3) is 11.3 Å². The first-order valence-corrected chi connectivity index (χ1v) is 12.2. The molecule has 1 aliphatic carbocycles. The van der Waals surface area contributed by atoms with E-state index in [1.54, 1.807) is 0 Å². The Labute approximate surface area is 198 Å². The molecule has 0 amide bonds. The monoisotopic (exact) mass is 459 g/mol. The summed E-state index contributed by atoms with van der Waals surface area (Å²) in [4.78, 5) is 15.8. The van der Waals surface area contributed by atoms with Crippen LogP contribution < -0.4 is 9.47 Å². The number of unbranched alkanes of at least 4 members (excludes halogenated alkanes) is 3. The highest BCUT2D eigenvalue weighted by Crippen LogP contribution is 2.29. The summed E-state index contributed by atoms with van der Waals surface area (Å²) in [6.07, 6.45) is 7.81. The second-order valence-corrected chi connectivity index (χ2v) is 8.89. The minimum absolute atomic E-state index is 0.123. The molecule has 32 heavy (non-hydrogen) atoms. The van der Waals surface area contributed by atoms with E-state index in [0.717, 1.165) is 62.4 Å². The van der Waals surface area contributed by atoms with Gasteiger partial charge in [-0.2, -0.15) is 12.6 Å². The number of fused-ring (bicyclic) bond motifs is 1. The average Bonchev–Trinajstić information content (AvgIpc) is 3.39. The number of benzene rings is 1. The highest BCUT2D eigenvalue weighted by atomic mass is 32.1. The van der Waals surface area contributed by atoms with Gasteiger partial charge in [0.1, 0.15) is 11.5 Å². The van der Waals surface area contributed by atoms with Crippen LogP contribution >= 0.6 is 12.6 Å². The topological polar surface area (TPSA) is 57.7 Å². The smallest absolute Gasteiger partial charge is 0.311 e. The summed E-state index contributed by atoms with van der Waals surface area (Å²) in [5.74, 6) is 2.53. The van der Waals surface area contributed by atoms with Crippen LogP contribution in [0.4, 0.5) is 0 Å². The predicted octanol–water partition coefficient (Wildman–Crippen LogP) is 6.37. The van der Waals surface area contributed by atoms with Crippen molar-refractivity contribution in [3.05, 3.63) is 42.6 Å². The number of aromatic nitrogens is 1. The molecular formula is C26H37NO4S. The van der Waals surface area contributed by atoms with Crippen LogP contribution in [-0.4, -0.2) is 36.5 Å². The Morgan fingerprint density at radius 1 is 0.938 bits per heavy atom. The van der Waals surface area contributed by atoms with Crippen LogP contribution in [0.15, 0.2) is 42.6 Å². The van der Waals surface area contributed by atoms with Crippen molar-refractivity contribution >= 4 is 18.6 Å². The van der Waals surface area contributed by atoms with E-state index in [0.29, 0.717) is 13.2 Å². The molecule has 0 saturated carbocycles. The predicted molar refractivity (Wildman–Crippen MR) is 133 cm³/mol. The summed E-state index contributed by atoms with van der Waals surface area (Å²) in [6, 6.07) is 11.8. The van der Waals surface area contributed by atoms with Crippen LogP contribution in [0.1, 0.15) is 59.3 Å². The van der Waals surface area contributed by atoms with Crippen LogP contribution in [0.3, 0.4) is 0 Å². The van der Waals surface area contributed by atoms with Gasteiger partial charge in [-0.15, -0.1) is 0 Å². The number of rotatable bonds is 14. The van der Waals surface area contributed by atoms with Gasteiger partial charge in [-0.3, -0.25) is 9.78 Å². The van der Waals surface area contributed by atoms with E-state index in [1.807, 2.05) is 57.3 Å². The fraction of sp³-hybridized carbons (Fsp3) is 0.538. The van der Waals surface area contributed by atoms with Crippen molar-refractivity contribution < 1.29 is 19.0 Å². The van der Waals surface area contributed by atoms with Gasteiger partial charge in [0, 0.05) is 11.8 Å². The number of hydrogen-bond donors (Lipinski definition) is 1. The fourth-order valence-electron chi connectivity index (χ4n) is 3.05. The number of thiol groups is 1. The molecule has 5 nitrogen and oxygen atoms in total. The lowest BCUT2D eigenvalue weighted by Gasteiger charge is -2.21. The van der Waals surface area contributed by atoms with E-state index in [1.165, 1.54) is 11.3 Å². The quantitative estimate of drug-likeness (QED) is 0.173. The summed E-state index contributed by atoms with van der Waals surface area (Å²) in [7, 11) is 0. The zero-order valence-electron chi connectivity index (χ0n) is 19.6. The van der Waals surface area contributed by atoms with Crippen LogP contribution in [0.2, 0.25) is 0 Å². The maximum atomic E-state index is 11.8. The molecule has 0 radical (unpaired) electrons. The van der Waals surface area contributed by atoms with Crippen LogP contribution in [-0.2, 0) is 9.53 Å². The lowest BCUT2D eigenvalue weighted by Crippen LogP contribution is -2.26. The number of pyridine rings is 1. The maximum absolute atomic E-state index is 11.8. The molecule has 0 aromatic heterocycles. The third-order valence-electron chi connectivity index (χ3n) is 5.16. The van der Waals surface area contributed by atoms with E-state index >= 15 is 0 Å². The summed E-state index contributed by atoms with van der Waals surface area (Å²) in [5.41, 5.74) is 2.06. The second-order valence-electron chi connectivity index (χ2n) is 8.44. The summed E-state index contributed by atoms with van der Waals surface area (Å²) >= 11 is 4.20. The maximum Gasteiger partial charge on any atom is 0.311 e. The third kappa shape index (κ3) is 9.94. The second kappa shape index (κ2) is 14.0. The van der Waals surface area contributed by atoms with Crippen molar-refractivity contribution in [1.82, 2.24) is 4.98 Å². The Bertz CT molecular complexity index is 790. The first-order chi connectivity index (χ1) is 15.5.